The van der Waals surface area contributed by atoms with Crippen LogP contribution in [0.3, 0.4) is 0 Å². The minimum absolute atomic E-state index is 0.921. The van der Waals surface area contributed by atoms with Gasteiger partial charge in [-0.15, -0.1) is 11.7 Å². The number of unbranched alkanes of at least 4 members (excludes halogenated alkanes) is 1. The van der Waals surface area contributed by atoms with Crippen molar-refractivity contribution in [3.8, 4) is 0 Å². The van der Waals surface area contributed by atoms with Crippen molar-refractivity contribution in [2.24, 2.45) is 5.92 Å². The van der Waals surface area contributed by atoms with Crippen molar-refractivity contribution in [1.29, 1.82) is 0 Å². The van der Waals surface area contributed by atoms with E-state index in [9.17, 15) is 0 Å². The van der Waals surface area contributed by atoms with E-state index in [0.717, 1.165) is 5.92 Å². The second kappa shape index (κ2) is 7.80. The van der Waals surface area contributed by atoms with Crippen molar-refractivity contribution in [2.75, 3.05) is 5.75 Å². The smallest absolute Gasteiger partial charge is 0.00345 e. The van der Waals surface area contributed by atoms with Crippen LogP contribution in [0, 0.1) is 5.92 Å². The molecule has 0 aliphatic carbocycles. The maximum Gasteiger partial charge on any atom is 0.00345 e. The number of hydrogen-bond acceptors (Lipinski definition) is 2. The van der Waals surface area contributed by atoms with Crippen molar-refractivity contribution in [3.05, 3.63) is 0 Å². The highest BCUT2D eigenvalue weighted by atomic mass is 33.1. The Hall–Kier alpha value is 0.700. The highest BCUT2D eigenvalue weighted by Gasteiger charge is 1.96. The Bertz CT molecular complexity index is 64.3. The highest BCUT2D eigenvalue weighted by Crippen LogP contribution is 2.14. The topological polar surface area (TPSA) is 0 Å². The van der Waals surface area contributed by atoms with Crippen LogP contribution in [0.1, 0.15) is 39.5 Å². The lowest BCUT2D eigenvalue weighted by molar-refractivity contribution is 0.493. The first-order valence-electron chi connectivity index (χ1n) is 4.07. The van der Waals surface area contributed by atoms with Crippen molar-refractivity contribution in [2.45, 2.75) is 39.5 Å². The maximum absolute atomic E-state index is 4.08. The predicted molar refractivity (Wildman–Crippen MR) is 54.8 cm³/mol. The lowest BCUT2D eigenvalue weighted by Gasteiger charge is -2.05. The third-order valence-corrected chi connectivity index (χ3v) is 2.90. The highest BCUT2D eigenvalue weighted by molar-refractivity contribution is 8.68. The zero-order chi connectivity index (χ0) is 7.82. The van der Waals surface area contributed by atoms with Gasteiger partial charge in [-0.3, -0.25) is 0 Å². The Labute approximate surface area is 74.0 Å². The lowest BCUT2D eigenvalue weighted by atomic mass is 10.0. The number of hydrogen-bond donors (Lipinski definition) is 1. The largest absolute Gasteiger partial charge is 0.111 e. The molecule has 0 aromatic heterocycles. The molecule has 0 rings (SSSR count). The number of thiol groups is 1. The molecule has 1 atom stereocenters. The average molecular weight is 178 g/mol. The molecule has 1 unspecified atom stereocenters. The van der Waals surface area contributed by atoms with Crippen molar-refractivity contribution < 1.29 is 0 Å². The van der Waals surface area contributed by atoms with E-state index in [-0.39, 0.29) is 0 Å². The first-order valence-corrected chi connectivity index (χ1v) is 6.11. The van der Waals surface area contributed by atoms with Crippen LogP contribution < -0.4 is 0 Å². The molecule has 10 heavy (non-hydrogen) atoms. The molecule has 0 aliphatic heterocycles. The Balaban J connectivity index is 2.89. The van der Waals surface area contributed by atoms with Gasteiger partial charge in [-0.2, -0.15) is 0 Å². The Morgan fingerprint density at radius 3 is 2.60 bits per heavy atom. The second-order valence-corrected chi connectivity index (χ2v) is 4.28. The summed E-state index contributed by atoms with van der Waals surface area (Å²) in [5.41, 5.74) is 0. The van der Waals surface area contributed by atoms with E-state index in [2.05, 4.69) is 25.5 Å². The molecular weight excluding hydrogens is 160 g/mol. The summed E-state index contributed by atoms with van der Waals surface area (Å²) in [5, 5.41) is 0. The fourth-order valence-electron chi connectivity index (χ4n) is 0.864. The van der Waals surface area contributed by atoms with Gasteiger partial charge in [0, 0.05) is 5.75 Å². The van der Waals surface area contributed by atoms with E-state index in [1.807, 2.05) is 0 Å². The molecule has 0 saturated carbocycles. The van der Waals surface area contributed by atoms with Crippen LogP contribution in [-0.4, -0.2) is 5.75 Å². The SMILES string of the molecule is CCC(C)CCCCSS. The molecule has 0 aromatic rings. The van der Waals surface area contributed by atoms with Gasteiger partial charge in [0.05, 0.1) is 0 Å². The first kappa shape index (κ1) is 10.7. The van der Waals surface area contributed by atoms with Gasteiger partial charge in [0.25, 0.3) is 0 Å². The molecule has 0 nitrogen and oxygen atoms in total. The maximum atomic E-state index is 4.08. The molecule has 0 N–H and O–H groups in total. The summed E-state index contributed by atoms with van der Waals surface area (Å²) in [6, 6.07) is 0. The monoisotopic (exact) mass is 178 g/mol. The quantitative estimate of drug-likeness (QED) is 0.367. The average Bonchev–Trinajstić information content (AvgIpc) is 1.98. The third-order valence-electron chi connectivity index (χ3n) is 1.88. The van der Waals surface area contributed by atoms with Gasteiger partial charge in [0.2, 0.25) is 0 Å². The fraction of sp³-hybridized carbons (Fsp3) is 1.00. The predicted octanol–water partition coefficient (Wildman–Crippen LogP) is 3.78. The van der Waals surface area contributed by atoms with Crippen LogP contribution in [-0.2, 0) is 0 Å². The Morgan fingerprint density at radius 1 is 1.40 bits per heavy atom. The van der Waals surface area contributed by atoms with E-state index in [0.29, 0.717) is 0 Å². The van der Waals surface area contributed by atoms with Crippen LogP contribution in [0.2, 0.25) is 0 Å². The molecule has 0 aliphatic rings. The van der Waals surface area contributed by atoms with Crippen molar-refractivity contribution in [1.82, 2.24) is 0 Å². The summed E-state index contributed by atoms with van der Waals surface area (Å²) in [5.74, 6) is 2.13. The summed E-state index contributed by atoms with van der Waals surface area (Å²) in [4.78, 5) is 0. The second-order valence-electron chi connectivity index (χ2n) is 2.84. The molecule has 0 bridgehead atoms. The summed E-state index contributed by atoms with van der Waals surface area (Å²) in [7, 11) is 1.66. The van der Waals surface area contributed by atoms with Gasteiger partial charge in [-0.1, -0.05) is 43.9 Å². The summed E-state index contributed by atoms with van der Waals surface area (Å²) >= 11 is 4.08. The molecule has 2 heteroatoms. The van der Waals surface area contributed by atoms with Crippen LogP contribution in [0.5, 0.6) is 0 Å². The van der Waals surface area contributed by atoms with Gasteiger partial charge in [0.15, 0.2) is 0 Å². The van der Waals surface area contributed by atoms with E-state index in [1.165, 1.54) is 31.4 Å². The molecular formula is C8H18S2. The van der Waals surface area contributed by atoms with Gasteiger partial charge in [-0.05, 0) is 12.3 Å². The van der Waals surface area contributed by atoms with Crippen LogP contribution in [0.4, 0.5) is 0 Å². The minimum Gasteiger partial charge on any atom is -0.111 e. The van der Waals surface area contributed by atoms with Crippen LogP contribution in [0.25, 0.3) is 0 Å². The fourth-order valence-corrected chi connectivity index (χ4v) is 1.58. The van der Waals surface area contributed by atoms with Gasteiger partial charge >= 0.3 is 0 Å². The lowest BCUT2D eigenvalue weighted by Crippen LogP contribution is -1.91. The van der Waals surface area contributed by atoms with E-state index < -0.39 is 0 Å². The first-order chi connectivity index (χ1) is 4.81. The summed E-state index contributed by atoms with van der Waals surface area (Å²) in [6.45, 7) is 4.59. The van der Waals surface area contributed by atoms with E-state index >= 15 is 0 Å². The zero-order valence-electron chi connectivity index (χ0n) is 6.97. The molecule has 0 amide bonds. The van der Waals surface area contributed by atoms with Gasteiger partial charge in [-0.25, -0.2) is 0 Å². The molecule has 62 valence electrons. The van der Waals surface area contributed by atoms with Gasteiger partial charge < -0.3 is 0 Å². The molecule has 0 spiro atoms. The third kappa shape index (κ3) is 6.81. The van der Waals surface area contributed by atoms with Crippen molar-refractivity contribution in [3.63, 3.8) is 0 Å². The molecule has 0 heterocycles. The zero-order valence-corrected chi connectivity index (χ0v) is 8.68. The van der Waals surface area contributed by atoms with Gasteiger partial charge in [0.1, 0.15) is 0 Å². The molecule has 0 fully saturated rings. The van der Waals surface area contributed by atoms with Crippen LogP contribution >= 0.6 is 22.5 Å². The van der Waals surface area contributed by atoms with E-state index in [1.54, 1.807) is 10.8 Å². The number of rotatable bonds is 6. The van der Waals surface area contributed by atoms with Crippen LogP contribution in [0.15, 0.2) is 0 Å². The Morgan fingerprint density at radius 2 is 2.10 bits per heavy atom. The minimum atomic E-state index is 0.921. The van der Waals surface area contributed by atoms with Crippen molar-refractivity contribution >= 4 is 22.5 Å². The normalized spacial score (nSPS) is 13.5. The molecule has 0 saturated heterocycles. The van der Waals surface area contributed by atoms with E-state index in [4.69, 9.17) is 0 Å². The summed E-state index contributed by atoms with van der Waals surface area (Å²) < 4.78 is 0. The Kier molecular flexibility index (Phi) is 8.35. The molecule has 0 radical (unpaired) electrons. The standard InChI is InChI=1S/C8H18S2/c1-3-8(2)6-4-5-7-10-9/h8-9H,3-7H2,1-2H3. The summed E-state index contributed by atoms with van der Waals surface area (Å²) in [6.07, 6.45) is 5.43. The molecule has 0 aromatic carbocycles.